The molecule has 0 saturated carbocycles. The summed E-state index contributed by atoms with van der Waals surface area (Å²) in [6.45, 7) is 0. The summed E-state index contributed by atoms with van der Waals surface area (Å²) in [6, 6.07) is 13.4. The van der Waals surface area contributed by atoms with Gasteiger partial charge in [0.25, 0.3) is 5.95 Å². The molecule has 3 rings (SSSR count). The van der Waals surface area contributed by atoms with Gasteiger partial charge in [-0.25, -0.2) is 14.5 Å². The van der Waals surface area contributed by atoms with Crippen molar-refractivity contribution in [2.24, 2.45) is 5.10 Å². The summed E-state index contributed by atoms with van der Waals surface area (Å²) < 4.78 is 14.1. The molecule has 0 spiro atoms. The Bertz CT molecular complexity index is 1010. The Balaban J connectivity index is 1.54. The van der Waals surface area contributed by atoms with Gasteiger partial charge in [-0.05, 0) is 36.1 Å². The highest BCUT2D eigenvalue weighted by molar-refractivity contribution is 7.99. The number of para-hydroxylation sites is 1. The third kappa shape index (κ3) is 5.72. The maximum absolute atomic E-state index is 12.9. The van der Waals surface area contributed by atoms with Gasteiger partial charge in [-0.15, -0.1) is 22.0 Å². The van der Waals surface area contributed by atoms with Crippen molar-refractivity contribution in [2.45, 2.75) is 10.1 Å². The molecule has 8 nitrogen and oxygen atoms in total. The summed E-state index contributed by atoms with van der Waals surface area (Å²) in [6.07, 6.45) is 3.45. The molecule has 11 heteroatoms. The fourth-order valence-corrected chi connectivity index (χ4v) is 3.44. The van der Waals surface area contributed by atoms with Gasteiger partial charge in [-0.2, -0.15) is 5.10 Å². The first kappa shape index (κ1) is 20.7. The first-order valence-corrected chi connectivity index (χ1v) is 10.6. The monoisotopic (exact) mass is 431 g/mol. The number of carbonyl (C=O) groups excluding carboxylic acids is 1. The van der Waals surface area contributed by atoms with Crippen LogP contribution in [0.15, 0.2) is 63.7 Å². The molecule has 1 heterocycles. The number of nitrogens with zero attached hydrogens (tertiary/aromatic N) is 4. The minimum absolute atomic E-state index is 0.122. The normalized spacial score (nSPS) is 11.0. The molecule has 0 saturated heterocycles. The van der Waals surface area contributed by atoms with E-state index in [-0.39, 0.29) is 23.4 Å². The summed E-state index contributed by atoms with van der Waals surface area (Å²) in [5, 5.41) is 15.1. The van der Waals surface area contributed by atoms with E-state index in [9.17, 15) is 9.18 Å². The molecule has 4 N–H and O–H groups in total. The van der Waals surface area contributed by atoms with Gasteiger partial charge in [0.2, 0.25) is 11.1 Å². The second-order valence-corrected chi connectivity index (χ2v) is 7.43. The van der Waals surface area contributed by atoms with Gasteiger partial charge in [-0.3, -0.25) is 4.79 Å². The maximum Gasteiger partial charge on any atom is 0.264 e. The van der Waals surface area contributed by atoms with Crippen molar-refractivity contribution in [3.63, 3.8) is 0 Å². The second-order valence-electron chi connectivity index (χ2n) is 5.63. The molecule has 0 radical (unpaired) electrons. The number of nitrogens with two attached hydrogens (primary N) is 1. The zero-order valence-corrected chi connectivity index (χ0v) is 17.0. The van der Waals surface area contributed by atoms with Crippen LogP contribution in [-0.2, 0) is 4.79 Å². The van der Waals surface area contributed by atoms with Gasteiger partial charge >= 0.3 is 0 Å². The molecule has 0 unspecified atom stereocenters. The van der Waals surface area contributed by atoms with Gasteiger partial charge in [0, 0.05) is 4.90 Å². The van der Waals surface area contributed by atoms with Crippen LogP contribution in [-0.4, -0.2) is 39.0 Å². The minimum atomic E-state index is -0.320. The number of rotatable bonds is 8. The number of carbonyl (C=O) groups is 1. The lowest BCUT2D eigenvalue weighted by atomic mass is 10.2. The van der Waals surface area contributed by atoms with E-state index in [1.165, 1.54) is 23.0 Å². The van der Waals surface area contributed by atoms with Gasteiger partial charge < -0.3 is 11.2 Å². The van der Waals surface area contributed by atoms with Crippen LogP contribution in [0.25, 0.3) is 0 Å². The van der Waals surface area contributed by atoms with E-state index < -0.39 is 0 Å². The van der Waals surface area contributed by atoms with Crippen molar-refractivity contribution in [1.29, 1.82) is 0 Å². The van der Waals surface area contributed by atoms with Crippen LogP contribution in [0, 0.1) is 5.82 Å². The molecular formula is C18H18FN7OS2. The number of halogens is 1. The molecule has 2 aromatic carbocycles. The average Bonchev–Trinajstić information content (AvgIpc) is 3.08. The van der Waals surface area contributed by atoms with Crippen LogP contribution in [0.1, 0.15) is 5.56 Å². The van der Waals surface area contributed by atoms with E-state index in [0.717, 1.165) is 22.3 Å². The predicted octanol–water partition coefficient (Wildman–Crippen LogP) is 3.03. The zero-order valence-electron chi connectivity index (χ0n) is 15.4. The van der Waals surface area contributed by atoms with Gasteiger partial charge in [0.05, 0.1) is 17.7 Å². The Morgan fingerprint density at radius 1 is 1.24 bits per heavy atom. The lowest BCUT2D eigenvalue weighted by molar-refractivity contribution is -0.113. The van der Waals surface area contributed by atoms with E-state index in [1.54, 1.807) is 23.9 Å². The highest BCUT2D eigenvalue weighted by atomic mass is 32.2. The Labute approximate surface area is 175 Å². The molecule has 0 aliphatic heterocycles. The quantitative estimate of drug-likeness (QED) is 0.218. The number of hydrazone groups is 1. The van der Waals surface area contributed by atoms with Crippen molar-refractivity contribution < 1.29 is 9.18 Å². The number of hydrogen-bond acceptors (Lipinski definition) is 8. The van der Waals surface area contributed by atoms with Gasteiger partial charge in [0.15, 0.2) is 0 Å². The SMILES string of the molecule is CSc1ccccc1NC(=O)CSc1nnc(N/N=C/c2ccc(F)cc2)n1N. The van der Waals surface area contributed by atoms with Crippen LogP contribution in [0.2, 0.25) is 0 Å². The number of thioether (sulfide) groups is 2. The summed E-state index contributed by atoms with van der Waals surface area (Å²) in [4.78, 5) is 13.2. The number of nitrogen functional groups attached to an aromatic ring is 1. The molecule has 0 aliphatic rings. The van der Waals surface area contributed by atoms with Crippen LogP contribution >= 0.6 is 23.5 Å². The second kappa shape index (κ2) is 9.94. The number of benzene rings is 2. The third-order valence-electron chi connectivity index (χ3n) is 3.63. The first-order chi connectivity index (χ1) is 14.1. The van der Waals surface area contributed by atoms with Gasteiger partial charge in [0.1, 0.15) is 5.82 Å². The number of nitrogens with one attached hydrogen (secondary N) is 2. The number of anilines is 2. The lowest BCUT2D eigenvalue weighted by Crippen LogP contribution is -2.17. The van der Waals surface area contributed by atoms with Gasteiger partial charge in [-0.1, -0.05) is 36.0 Å². The first-order valence-electron chi connectivity index (χ1n) is 8.37. The summed E-state index contributed by atoms with van der Waals surface area (Å²) >= 11 is 2.71. The van der Waals surface area contributed by atoms with Crippen LogP contribution in [0.3, 0.4) is 0 Å². The largest absolute Gasteiger partial charge is 0.334 e. The molecule has 0 atom stereocenters. The molecule has 1 amide bonds. The lowest BCUT2D eigenvalue weighted by Gasteiger charge is -2.08. The molecule has 150 valence electrons. The number of hydrogen-bond donors (Lipinski definition) is 3. The Morgan fingerprint density at radius 2 is 2.00 bits per heavy atom. The van der Waals surface area contributed by atoms with E-state index in [2.05, 4.69) is 26.0 Å². The molecule has 0 bridgehead atoms. The Hall–Kier alpha value is -3.05. The average molecular weight is 432 g/mol. The molecular weight excluding hydrogens is 413 g/mol. The third-order valence-corrected chi connectivity index (χ3v) is 5.37. The standard InChI is InChI=1S/C18H18FN7OS2/c1-28-15-5-3-2-4-14(15)22-16(27)11-29-18-25-24-17(26(18)20)23-21-10-12-6-8-13(19)9-7-12/h2-10H,11,20H2,1H3,(H,22,27)(H,23,24)/b21-10+. The van der Waals surface area contributed by atoms with Crippen molar-refractivity contribution in [3.05, 3.63) is 59.9 Å². The Morgan fingerprint density at radius 3 is 2.76 bits per heavy atom. The summed E-state index contributed by atoms with van der Waals surface area (Å²) in [7, 11) is 0. The van der Waals surface area contributed by atoms with Crippen LogP contribution in [0.4, 0.5) is 16.0 Å². The highest BCUT2D eigenvalue weighted by Crippen LogP contribution is 2.25. The summed E-state index contributed by atoms with van der Waals surface area (Å²) in [5.74, 6) is 5.77. The van der Waals surface area contributed by atoms with Crippen molar-refractivity contribution >= 4 is 47.3 Å². The zero-order chi connectivity index (χ0) is 20.6. The molecule has 1 aromatic heterocycles. The fourth-order valence-electron chi connectivity index (χ4n) is 2.23. The number of amides is 1. The molecule has 0 aliphatic carbocycles. The minimum Gasteiger partial charge on any atom is -0.334 e. The van der Waals surface area contributed by atoms with Crippen molar-refractivity contribution in [1.82, 2.24) is 14.9 Å². The van der Waals surface area contributed by atoms with E-state index in [4.69, 9.17) is 5.84 Å². The summed E-state index contributed by atoms with van der Waals surface area (Å²) in [5.41, 5.74) is 4.13. The van der Waals surface area contributed by atoms with E-state index in [0.29, 0.717) is 10.7 Å². The topological polar surface area (TPSA) is 110 Å². The highest BCUT2D eigenvalue weighted by Gasteiger charge is 2.13. The molecule has 0 fully saturated rings. The van der Waals surface area contributed by atoms with E-state index in [1.807, 2.05) is 30.5 Å². The van der Waals surface area contributed by atoms with Crippen molar-refractivity contribution in [3.8, 4) is 0 Å². The molecule has 3 aromatic rings. The fraction of sp³-hybridized carbons (Fsp3) is 0.111. The maximum atomic E-state index is 12.9. The number of aromatic nitrogens is 3. The Kier molecular flexibility index (Phi) is 7.09. The van der Waals surface area contributed by atoms with E-state index >= 15 is 0 Å². The smallest absolute Gasteiger partial charge is 0.264 e. The van der Waals surface area contributed by atoms with Crippen LogP contribution < -0.4 is 16.6 Å². The van der Waals surface area contributed by atoms with Crippen LogP contribution in [0.5, 0.6) is 0 Å². The predicted molar refractivity (Wildman–Crippen MR) is 115 cm³/mol. The van der Waals surface area contributed by atoms with Crippen molar-refractivity contribution in [2.75, 3.05) is 28.6 Å². The molecule has 29 heavy (non-hydrogen) atoms.